The van der Waals surface area contributed by atoms with Crippen molar-refractivity contribution in [1.29, 1.82) is 0 Å². The fraction of sp³-hybridized carbons (Fsp3) is 0.182. The zero-order valence-electron chi connectivity index (χ0n) is 17.5. The maximum atomic E-state index is 13.6. The Bertz CT molecular complexity index is 1490. The number of carbonyl (C=O) groups is 1. The Morgan fingerprint density at radius 1 is 1.18 bits per heavy atom. The zero-order valence-corrected chi connectivity index (χ0v) is 17.5. The van der Waals surface area contributed by atoms with Gasteiger partial charge in [-0.25, -0.2) is 18.3 Å². The number of halogens is 2. The molecule has 1 aliphatic heterocycles. The molecular weight excluding hydrogens is 446 g/mol. The summed E-state index contributed by atoms with van der Waals surface area (Å²) in [6, 6.07) is 8.91. The number of H-pyrrole nitrogens is 1. The summed E-state index contributed by atoms with van der Waals surface area (Å²) in [5, 5.41) is 12.4. The number of aromatic amines is 1. The molecule has 1 atom stereocenters. The molecule has 0 aliphatic carbocycles. The van der Waals surface area contributed by atoms with Gasteiger partial charge in [0.15, 0.2) is 0 Å². The third kappa shape index (κ3) is 3.22. The Labute approximate surface area is 190 Å². The molecule has 5 aromatic heterocycles. The molecule has 10 nitrogen and oxygen atoms in total. The Kier molecular flexibility index (Phi) is 4.64. The van der Waals surface area contributed by atoms with Crippen LogP contribution in [-0.4, -0.2) is 52.1 Å². The number of hydrogen-bond donors (Lipinski definition) is 1. The molecule has 0 radical (unpaired) electrons. The van der Waals surface area contributed by atoms with Crippen molar-refractivity contribution in [1.82, 2.24) is 39.7 Å². The summed E-state index contributed by atoms with van der Waals surface area (Å²) < 4.78 is 34.1. The van der Waals surface area contributed by atoms with Gasteiger partial charge in [0, 0.05) is 36.6 Å². The lowest BCUT2D eigenvalue weighted by atomic mass is 9.99. The largest absolute Gasteiger partial charge is 0.411 e. The second-order valence-electron chi connectivity index (χ2n) is 7.71. The summed E-state index contributed by atoms with van der Waals surface area (Å²) in [5.74, 6) is -0.603. The van der Waals surface area contributed by atoms with E-state index >= 15 is 0 Å². The van der Waals surface area contributed by atoms with Crippen LogP contribution in [0, 0.1) is 0 Å². The van der Waals surface area contributed by atoms with Gasteiger partial charge in [-0.05, 0) is 30.3 Å². The predicted molar refractivity (Wildman–Crippen MR) is 113 cm³/mol. The van der Waals surface area contributed by atoms with E-state index < -0.39 is 18.4 Å². The van der Waals surface area contributed by atoms with E-state index in [2.05, 4.69) is 30.2 Å². The molecule has 1 N–H and O–H groups in total. The summed E-state index contributed by atoms with van der Waals surface area (Å²) >= 11 is 0. The van der Waals surface area contributed by atoms with Crippen molar-refractivity contribution < 1.29 is 18.0 Å². The Morgan fingerprint density at radius 3 is 2.91 bits per heavy atom. The van der Waals surface area contributed by atoms with Gasteiger partial charge in [-0.3, -0.25) is 9.78 Å². The summed E-state index contributed by atoms with van der Waals surface area (Å²) in [7, 11) is 0. The van der Waals surface area contributed by atoms with Crippen LogP contribution in [0.15, 0.2) is 59.5 Å². The molecule has 5 aromatic rings. The predicted octanol–water partition coefficient (Wildman–Crippen LogP) is 3.23. The van der Waals surface area contributed by atoms with E-state index in [-0.39, 0.29) is 22.9 Å². The average molecular weight is 462 g/mol. The first-order valence-corrected chi connectivity index (χ1v) is 10.4. The lowest BCUT2D eigenvalue weighted by Crippen LogP contribution is -2.41. The smallest absolute Gasteiger partial charge is 0.312 e. The summed E-state index contributed by atoms with van der Waals surface area (Å²) in [6.45, 7) is 0.315. The second-order valence-corrected chi connectivity index (χ2v) is 7.71. The summed E-state index contributed by atoms with van der Waals surface area (Å²) in [5.41, 5.74) is 2.40. The quantitative estimate of drug-likeness (QED) is 0.436. The Hall–Kier alpha value is -4.48. The maximum Gasteiger partial charge on any atom is 0.312 e. The molecule has 0 saturated heterocycles. The van der Waals surface area contributed by atoms with E-state index in [1.54, 1.807) is 36.7 Å². The van der Waals surface area contributed by atoms with E-state index in [1.165, 1.54) is 27.9 Å². The number of rotatable bonds is 4. The van der Waals surface area contributed by atoms with E-state index in [1.807, 2.05) is 0 Å². The van der Waals surface area contributed by atoms with E-state index in [0.717, 1.165) is 5.69 Å². The van der Waals surface area contributed by atoms with Crippen LogP contribution >= 0.6 is 0 Å². The van der Waals surface area contributed by atoms with Crippen LogP contribution in [0.4, 0.5) is 8.78 Å². The van der Waals surface area contributed by atoms with E-state index in [9.17, 15) is 13.6 Å². The van der Waals surface area contributed by atoms with Crippen LogP contribution < -0.4 is 0 Å². The fourth-order valence-electron chi connectivity index (χ4n) is 4.19. The lowest BCUT2D eigenvalue weighted by molar-refractivity contribution is 0.0646. The lowest BCUT2D eigenvalue weighted by Gasteiger charge is -2.32. The van der Waals surface area contributed by atoms with Gasteiger partial charge in [-0.2, -0.15) is 5.10 Å². The molecule has 170 valence electrons. The Morgan fingerprint density at radius 2 is 2.09 bits per heavy atom. The third-order valence-corrected chi connectivity index (χ3v) is 5.75. The van der Waals surface area contributed by atoms with Crippen molar-refractivity contribution in [3.05, 3.63) is 83.7 Å². The standard InChI is InChI=1S/C22H16F2N8O2/c23-19(24)12-4-3-8-32-16(12)10-15(30-32)18-17-13(26-11-27-17)6-9-31(18)22(33)21-29-28-20(34-21)14-5-1-2-7-25-14/h1-5,7-8,10-11,18-19H,6,9H2,(H,26,27)/t18-/m0/s1. The van der Waals surface area contributed by atoms with Gasteiger partial charge >= 0.3 is 11.8 Å². The fourth-order valence-corrected chi connectivity index (χ4v) is 4.19. The van der Waals surface area contributed by atoms with E-state index in [4.69, 9.17) is 4.42 Å². The van der Waals surface area contributed by atoms with Gasteiger partial charge in [-0.15, -0.1) is 10.2 Å². The van der Waals surface area contributed by atoms with Gasteiger partial charge < -0.3 is 14.3 Å². The molecule has 0 aromatic carbocycles. The number of imidazole rings is 1. The van der Waals surface area contributed by atoms with Crippen molar-refractivity contribution in [2.24, 2.45) is 0 Å². The van der Waals surface area contributed by atoms with Gasteiger partial charge in [0.1, 0.15) is 11.7 Å². The molecule has 1 aliphatic rings. The summed E-state index contributed by atoms with van der Waals surface area (Å²) in [6.07, 6.45) is 2.56. The van der Waals surface area contributed by atoms with Crippen molar-refractivity contribution in [2.75, 3.05) is 6.54 Å². The topological polar surface area (TPSA) is 118 Å². The van der Waals surface area contributed by atoms with Crippen LogP contribution in [-0.2, 0) is 6.42 Å². The van der Waals surface area contributed by atoms with Gasteiger partial charge in [0.05, 0.1) is 23.2 Å². The first-order chi connectivity index (χ1) is 16.6. The van der Waals surface area contributed by atoms with Gasteiger partial charge in [0.25, 0.3) is 12.3 Å². The number of pyridine rings is 2. The zero-order chi connectivity index (χ0) is 23.2. The minimum atomic E-state index is -2.67. The molecule has 0 saturated carbocycles. The molecule has 12 heteroatoms. The van der Waals surface area contributed by atoms with Crippen molar-refractivity contribution in [3.8, 4) is 11.6 Å². The highest BCUT2D eigenvalue weighted by molar-refractivity contribution is 5.90. The molecule has 0 bridgehead atoms. The number of amides is 1. The third-order valence-electron chi connectivity index (χ3n) is 5.75. The van der Waals surface area contributed by atoms with Crippen LogP contribution in [0.5, 0.6) is 0 Å². The number of carbonyl (C=O) groups excluding carboxylic acids is 1. The van der Waals surface area contributed by atoms with Crippen molar-refractivity contribution in [3.63, 3.8) is 0 Å². The monoisotopic (exact) mass is 462 g/mol. The molecule has 0 spiro atoms. The molecule has 6 rings (SSSR count). The normalized spacial score (nSPS) is 15.7. The Balaban J connectivity index is 1.42. The number of hydrogen-bond acceptors (Lipinski definition) is 7. The molecule has 6 heterocycles. The van der Waals surface area contributed by atoms with E-state index in [0.29, 0.717) is 30.0 Å². The van der Waals surface area contributed by atoms with Gasteiger partial charge in [0.2, 0.25) is 0 Å². The minimum absolute atomic E-state index is 0.118. The first-order valence-electron chi connectivity index (χ1n) is 10.4. The highest BCUT2D eigenvalue weighted by atomic mass is 19.3. The van der Waals surface area contributed by atoms with Crippen molar-refractivity contribution in [2.45, 2.75) is 18.9 Å². The van der Waals surface area contributed by atoms with Crippen LogP contribution in [0.3, 0.4) is 0 Å². The number of nitrogens with zero attached hydrogens (tertiary/aromatic N) is 7. The van der Waals surface area contributed by atoms with Gasteiger partial charge in [-0.1, -0.05) is 6.07 Å². The number of nitrogens with one attached hydrogen (secondary N) is 1. The SMILES string of the molecule is O=C(c1nnc(-c2ccccn2)o1)N1CCc2[nH]cnc2[C@@H]1c1cc2c(C(F)F)cccn2n1. The summed E-state index contributed by atoms with van der Waals surface area (Å²) in [4.78, 5) is 26.6. The minimum Gasteiger partial charge on any atom is -0.411 e. The number of fused-ring (bicyclic) bond motifs is 2. The first kappa shape index (κ1) is 20.1. The average Bonchev–Trinajstić information content (AvgIpc) is 3.62. The highest BCUT2D eigenvalue weighted by Crippen LogP contribution is 2.35. The van der Waals surface area contributed by atoms with Crippen LogP contribution in [0.25, 0.3) is 17.1 Å². The van der Waals surface area contributed by atoms with Crippen LogP contribution in [0.2, 0.25) is 0 Å². The number of alkyl halides is 2. The van der Waals surface area contributed by atoms with Crippen molar-refractivity contribution >= 4 is 11.4 Å². The molecule has 0 unspecified atom stereocenters. The molecular formula is C22H16F2N8O2. The second kappa shape index (κ2) is 7.83. The maximum absolute atomic E-state index is 13.6. The van der Waals surface area contributed by atoms with Crippen LogP contribution in [0.1, 0.15) is 45.8 Å². The molecule has 0 fully saturated rings. The molecule has 34 heavy (non-hydrogen) atoms. The highest BCUT2D eigenvalue weighted by Gasteiger charge is 2.38. The number of aromatic nitrogens is 7. The molecule has 1 amide bonds.